The van der Waals surface area contributed by atoms with Crippen LogP contribution in [0, 0.1) is 6.92 Å². The second-order valence-corrected chi connectivity index (χ2v) is 3.50. The first kappa shape index (κ1) is 11.7. The molecular weight excluding hydrogens is 222 g/mol. The Labute approximate surface area is 98.8 Å². The summed E-state index contributed by atoms with van der Waals surface area (Å²) in [7, 11) is 3.18. The number of nitrogens with one attached hydrogen (secondary N) is 1. The van der Waals surface area contributed by atoms with Gasteiger partial charge < -0.3 is 14.8 Å². The lowest BCUT2D eigenvalue weighted by molar-refractivity contribution is -0.0914. The summed E-state index contributed by atoms with van der Waals surface area (Å²) in [4.78, 5) is 4.22. The van der Waals surface area contributed by atoms with Gasteiger partial charge in [-0.15, -0.1) is 10.2 Å². The van der Waals surface area contributed by atoms with E-state index in [-0.39, 0.29) is 6.29 Å². The van der Waals surface area contributed by atoms with Crippen molar-refractivity contribution in [3.05, 3.63) is 18.2 Å². The smallest absolute Gasteiger partial charge is 0.203 e. The lowest BCUT2D eigenvalue weighted by atomic mass is 10.5. The fraction of sp³-hybridized carbons (Fsp3) is 0.500. The molecule has 2 rings (SSSR count). The summed E-state index contributed by atoms with van der Waals surface area (Å²) in [6, 6.07) is 0. The van der Waals surface area contributed by atoms with Crippen molar-refractivity contribution in [3.8, 4) is 0 Å². The molecule has 2 aromatic heterocycles. The van der Waals surface area contributed by atoms with Gasteiger partial charge >= 0.3 is 0 Å². The highest BCUT2D eigenvalue weighted by molar-refractivity contribution is 5.61. The van der Waals surface area contributed by atoms with Crippen LogP contribution in [-0.4, -0.2) is 46.6 Å². The fourth-order valence-electron chi connectivity index (χ4n) is 1.51. The van der Waals surface area contributed by atoms with Crippen molar-refractivity contribution in [2.24, 2.45) is 0 Å². The standard InChI is InChI=1S/C10H15N5O2/c1-7-13-14-10-9(11-4-5-15(7)10)12-6-8(16-2)17-3/h4-5,8H,6H2,1-3H3,(H,11,12). The Hall–Kier alpha value is -1.73. The first-order valence-electron chi connectivity index (χ1n) is 5.22. The summed E-state index contributed by atoms with van der Waals surface area (Å²) >= 11 is 0. The van der Waals surface area contributed by atoms with E-state index in [0.29, 0.717) is 18.0 Å². The van der Waals surface area contributed by atoms with Gasteiger partial charge in [0, 0.05) is 26.6 Å². The second kappa shape index (κ2) is 5.07. The third-order valence-corrected chi connectivity index (χ3v) is 2.46. The lowest BCUT2D eigenvalue weighted by Gasteiger charge is -2.14. The Morgan fingerprint density at radius 1 is 1.35 bits per heavy atom. The maximum atomic E-state index is 5.08. The number of anilines is 1. The van der Waals surface area contributed by atoms with Gasteiger partial charge in [0.2, 0.25) is 5.65 Å². The molecule has 0 unspecified atom stereocenters. The minimum atomic E-state index is -0.318. The molecule has 2 heterocycles. The summed E-state index contributed by atoms with van der Waals surface area (Å²) in [6.07, 6.45) is 3.20. The number of rotatable bonds is 5. The van der Waals surface area contributed by atoms with Crippen LogP contribution in [0.2, 0.25) is 0 Å². The van der Waals surface area contributed by atoms with Crippen LogP contribution in [0.15, 0.2) is 12.4 Å². The van der Waals surface area contributed by atoms with Crippen molar-refractivity contribution < 1.29 is 9.47 Å². The average molecular weight is 237 g/mol. The molecule has 2 aromatic rings. The average Bonchev–Trinajstić information content (AvgIpc) is 2.73. The number of nitrogens with zero attached hydrogens (tertiary/aromatic N) is 4. The van der Waals surface area contributed by atoms with Crippen LogP contribution >= 0.6 is 0 Å². The lowest BCUT2D eigenvalue weighted by Crippen LogP contribution is -2.24. The van der Waals surface area contributed by atoms with E-state index in [2.05, 4.69) is 20.5 Å². The highest BCUT2D eigenvalue weighted by Gasteiger charge is 2.10. The normalized spacial score (nSPS) is 11.3. The van der Waals surface area contributed by atoms with E-state index in [0.717, 1.165) is 5.82 Å². The number of hydrogen-bond donors (Lipinski definition) is 1. The zero-order valence-corrected chi connectivity index (χ0v) is 10.0. The van der Waals surface area contributed by atoms with Crippen molar-refractivity contribution in [1.82, 2.24) is 19.6 Å². The van der Waals surface area contributed by atoms with Gasteiger partial charge in [-0.1, -0.05) is 0 Å². The van der Waals surface area contributed by atoms with E-state index in [1.807, 2.05) is 17.5 Å². The molecule has 0 spiro atoms. The molecule has 7 nitrogen and oxygen atoms in total. The molecule has 0 aliphatic carbocycles. The number of hydrogen-bond acceptors (Lipinski definition) is 6. The second-order valence-electron chi connectivity index (χ2n) is 3.50. The molecule has 0 saturated heterocycles. The third-order valence-electron chi connectivity index (χ3n) is 2.46. The minimum absolute atomic E-state index is 0.318. The molecule has 0 radical (unpaired) electrons. The Morgan fingerprint density at radius 2 is 2.12 bits per heavy atom. The van der Waals surface area contributed by atoms with Gasteiger partial charge in [0.25, 0.3) is 0 Å². The van der Waals surface area contributed by atoms with Gasteiger partial charge in [-0.2, -0.15) is 0 Å². The molecule has 0 bridgehead atoms. The van der Waals surface area contributed by atoms with Crippen LogP contribution < -0.4 is 5.32 Å². The summed E-state index contributed by atoms with van der Waals surface area (Å²) in [5.74, 6) is 1.48. The minimum Gasteiger partial charge on any atom is -0.362 e. The maximum absolute atomic E-state index is 5.08. The quantitative estimate of drug-likeness (QED) is 0.762. The van der Waals surface area contributed by atoms with E-state index in [4.69, 9.17) is 9.47 Å². The van der Waals surface area contributed by atoms with Crippen molar-refractivity contribution in [1.29, 1.82) is 0 Å². The van der Waals surface area contributed by atoms with Gasteiger partial charge in [-0.05, 0) is 6.92 Å². The molecular formula is C10H15N5O2. The zero-order valence-electron chi connectivity index (χ0n) is 10.0. The first-order chi connectivity index (χ1) is 8.26. The predicted molar refractivity (Wildman–Crippen MR) is 61.8 cm³/mol. The van der Waals surface area contributed by atoms with Gasteiger partial charge in [0.15, 0.2) is 12.1 Å². The van der Waals surface area contributed by atoms with Crippen LogP contribution in [0.25, 0.3) is 5.65 Å². The molecule has 92 valence electrons. The van der Waals surface area contributed by atoms with E-state index in [1.54, 1.807) is 20.4 Å². The number of aryl methyl sites for hydroxylation is 1. The number of fused-ring (bicyclic) bond motifs is 1. The highest BCUT2D eigenvalue weighted by Crippen LogP contribution is 2.11. The van der Waals surface area contributed by atoms with Gasteiger partial charge in [-0.25, -0.2) is 4.98 Å². The van der Waals surface area contributed by atoms with Crippen molar-refractivity contribution in [2.75, 3.05) is 26.1 Å². The molecule has 0 atom stereocenters. The van der Waals surface area contributed by atoms with E-state index >= 15 is 0 Å². The zero-order chi connectivity index (χ0) is 12.3. The maximum Gasteiger partial charge on any atom is 0.203 e. The molecule has 1 N–H and O–H groups in total. The predicted octanol–water partition coefficient (Wildman–Crippen LogP) is 0.464. The molecule has 0 aliphatic heterocycles. The van der Waals surface area contributed by atoms with E-state index in [9.17, 15) is 0 Å². The van der Waals surface area contributed by atoms with Crippen LogP contribution in [0.4, 0.5) is 5.82 Å². The Bertz CT molecular complexity index is 494. The Balaban J connectivity index is 2.18. The van der Waals surface area contributed by atoms with E-state index < -0.39 is 0 Å². The molecule has 17 heavy (non-hydrogen) atoms. The SMILES string of the molecule is COC(CNc1nccn2c(C)nnc12)OC. The monoisotopic (exact) mass is 237 g/mol. The Morgan fingerprint density at radius 3 is 2.82 bits per heavy atom. The Kier molecular flexibility index (Phi) is 3.50. The van der Waals surface area contributed by atoms with Crippen molar-refractivity contribution in [3.63, 3.8) is 0 Å². The van der Waals surface area contributed by atoms with Gasteiger partial charge in [-0.3, -0.25) is 4.40 Å². The summed E-state index contributed by atoms with van der Waals surface area (Å²) < 4.78 is 12.0. The third kappa shape index (κ3) is 2.34. The molecule has 0 fully saturated rings. The molecule has 0 aliphatic rings. The van der Waals surface area contributed by atoms with Crippen LogP contribution in [0.1, 0.15) is 5.82 Å². The summed E-state index contributed by atoms with van der Waals surface area (Å²) in [5.41, 5.74) is 0.691. The fourth-order valence-corrected chi connectivity index (χ4v) is 1.51. The highest BCUT2D eigenvalue weighted by atomic mass is 16.7. The largest absolute Gasteiger partial charge is 0.362 e. The van der Waals surface area contributed by atoms with Crippen LogP contribution in [-0.2, 0) is 9.47 Å². The topological polar surface area (TPSA) is 73.6 Å². The number of aromatic nitrogens is 4. The molecule has 0 saturated carbocycles. The van der Waals surface area contributed by atoms with E-state index in [1.165, 1.54) is 0 Å². The van der Waals surface area contributed by atoms with Crippen LogP contribution in [0.5, 0.6) is 0 Å². The van der Waals surface area contributed by atoms with Gasteiger partial charge in [0.1, 0.15) is 5.82 Å². The van der Waals surface area contributed by atoms with Gasteiger partial charge in [0.05, 0.1) is 6.54 Å². The van der Waals surface area contributed by atoms with Crippen LogP contribution in [0.3, 0.4) is 0 Å². The van der Waals surface area contributed by atoms with Crippen molar-refractivity contribution >= 4 is 11.5 Å². The summed E-state index contributed by atoms with van der Waals surface area (Å²) in [6.45, 7) is 2.38. The molecule has 0 aromatic carbocycles. The molecule has 0 amide bonds. The summed E-state index contributed by atoms with van der Waals surface area (Å²) in [5, 5.41) is 11.2. The molecule has 7 heteroatoms. The van der Waals surface area contributed by atoms with Crippen molar-refractivity contribution in [2.45, 2.75) is 13.2 Å². The number of ether oxygens (including phenoxy) is 2. The number of methoxy groups -OCH3 is 2. The first-order valence-corrected chi connectivity index (χ1v) is 5.22.